The van der Waals surface area contributed by atoms with Crippen LogP contribution in [0.4, 0.5) is 0 Å². The van der Waals surface area contributed by atoms with Gasteiger partial charge in [-0.2, -0.15) is 0 Å². The molecule has 0 amide bonds. The quantitative estimate of drug-likeness (QED) is 0.408. The van der Waals surface area contributed by atoms with Gasteiger partial charge < -0.3 is 14.0 Å². The zero-order chi connectivity index (χ0) is 23.8. The summed E-state index contributed by atoms with van der Waals surface area (Å²) in [4.78, 5) is 27.2. The van der Waals surface area contributed by atoms with Crippen LogP contribution in [0.1, 0.15) is 57.2 Å². The van der Waals surface area contributed by atoms with Crippen LogP contribution in [0, 0.1) is 20.8 Å². The van der Waals surface area contributed by atoms with E-state index in [2.05, 4.69) is 0 Å². The van der Waals surface area contributed by atoms with E-state index in [1.54, 1.807) is 27.3 Å². The van der Waals surface area contributed by atoms with Crippen LogP contribution in [0.3, 0.4) is 0 Å². The summed E-state index contributed by atoms with van der Waals surface area (Å²) >= 11 is 0. The highest BCUT2D eigenvalue weighted by Gasteiger charge is 2.43. The van der Waals surface area contributed by atoms with Gasteiger partial charge in [0.05, 0.1) is 14.2 Å². The Morgan fingerprint density at radius 2 is 1.35 bits per heavy atom. The first kappa shape index (κ1) is 26.7. The largest absolute Gasteiger partial charge is 0.496 e. The number of carbonyl (C=O) groups is 2. The molecule has 0 saturated carbocycles. The van der Waals surface area contributed by atoms with Crippen molar-refractivity contribution in [3.05, 3.63) is 58.1 Å². The van der Waals surface area contributed by atoms with E-state index >= 15 is 0 Å². The molecule has 6 nitrogen and oxygen atoms in total. The molecule has 1 unspecified atom stereocenters. The predicted molar refractivity (Wildman–Crippen MR) is 125 cm³/mol. The second-order valence-corrected chi connectivity index (χ2v) is 9.98. The van der Waals surface area contributed by atoms with Crippen LogP contribution in [-0.2, 0) is 9.13 Å². The summed E-state index contributed by atoms with van der Waals surface area (Å²) in [5, 5.41) is 0. The Labute approximate surface area is 186 Å². The molecule has 0 saturated heterocycles. The summed E-state index contributed by atoms with van der Waals surface area (Å²) in [5.74, 6) is 0.493. The van der Waals surface area contributed by atoms with Crippen molar-refractivity contribution in [3.63, 3.8) is 0 Å². The minimum absolute atomic E-state index is 0.0229. The summed E-state index contributed by atoms with van der Waals surface area (Å²) in [6.07, 6.45) is 1.25. The smallest absolute Gasteiger partial charge is 0.236 e. The first-order chi connectivity index (χ1) is 14.7. The standard InChI is InChI=1S/C23H29O5P.HOP/c1-7-8-12-29(26,22(24)20-16(3)13-15(2)14-17(20)4)23(25)21-18(27-5)10-9-11-19(21)28-6;1-2/h9-11,13-14H,7-8,12H2,1-6H3;2H. The lowest BCUT2D eigenvalue weighted by atomic mass is 10.0. The van der Waals surface area contributed by atoms with Gasteiger partial charge in [0.2, 0.25) is 18.2 Å². The second kappa shape index (κ2) is 11.9. The van der Waals surface area contributed by atoms with E-state index in [0.717, 1.165) is 23.1 Å². The van der Waals surface area contributed by atoms with Crippen molar-refractivity contribution >= 4 is 27.3 Å². The van der Waals surface area contributed by atoms with Gasteiger partial charge in [0.25, 0.3) is 0 Å². The summed E-state index contributed by atoms with van der Waals surface area (Å²) < 4.78 is 32.8. The molecule has 1 atom stereocenters. The van der Waals surface area contributed by atoms with Gasteiger partial charge in [-0.15, -0.1) is 0 Å². The van der Waals surface area contributed by atoms with Crippen LogP contribution in [0.25, 0.3) is 0 Å². The van der Waals surface area contributed by atoms with Crippen molar-refractivity contribution in [1.29, 1.82) is 0 Å². The van der Waals surface area contributed by atoms with Crippen molar-refractivity contribution in [2.45, 2.75) is 40.5 Å². The molecule has 31 heavy (non-hydrogen) atoms. The average Bonchev–Trinajstić information content (AvgIpc) is 2.76. The van der Waals surface area contributed by atoms with Crippen molar-refractivity contribution in [2.75, 3.05) is 20.4 Å². The van der Waals surface area contributed by atoms with E-state index in [0.29, 0.717) is 12.0 Å². The molecule has 0 aliphatic heterocycles. The summed E-state index contributed by atoms with van der Waals surface area (Å²) in [6, 6.07) is 8.64. The summed E-state index contributed by atoms with van der Waals surface area (Å²) in [5.41, 5.74) is 1.61. The van der Waals surface area contributed by atoms with E-state index in [1.165, 1.54) is 14.2 Å². The van der Waals surface area contributed by atoms with Gasteiger partial charge in [-0.05, 0) is 50.5 Å². The fourth-order valence-electron chi connectivity index (χ4n) is 3.62. The Kier molecular flexibility index (Phi) is 10.3. The number of hydrogen-bond acceptors (Lipinski definition) is 6. The molecule has 0 aliphatic rings. The number of benzene rings is 2. The molecule has 168 valence electrons. The fourth-order valence-corrected chi connectivity index (χ4v) is 6.26. The molecule has 0 bridgehead atoms. The minimum atomic E-state index is -3.95. The lowest BCUT2D eigenvalue weighted by Crippen LogP contribution is -2.17. The highest BCUT2D eigenvalue weighted by Crippen LogP contribution is 2.55. The van der Waals surface area contributed by atoms with Gasteiger partial charge >= 0.3 is 0 Å². The number of carbonyl (C=O) groups excluding carboxylic acids is 2. The molecule has 2 rings (SSSR count). The monoisotopic (exact) mass is 464 g/mol. The molecule has 0 radical (unpaired) electrons. The van der Waals surface area contributed by atoms with E-state index in [9.17, 15) is 14.2 Å². The molecule has 0 aromatic heterocycles. The molecule has 8 heteroatoms. The third kappa shape index (κ3) is 5.70. The Balaban J connectivity index is 0.00000233. The number of unbranched alkanes of at least 4 members (excludes halogenated alkanes) is 1. The lowest BCUT2D eigenvalue weighted by Gasteiger charge is -2.21. The first-order valence-electron chi connectivity index (χ1n) is 9.89. The van der Waals surface area contributed by atoms with Crippen molar-refractivity contribution in [3.8, 4) is 11.5 Å². The van der Waals surface area contributed by atoms with Crippen LogP contribution in [-0.4, -0.2) is 31.4 Å². The average molecular weight is 464 g/mol. The van der Waals surface area contributed by atoms with E-state index in [4.69, 9.17) is 14.0 Å². The summed E-state index contributed by atoms with van der Waals surface area (Å²) in [6.45, 7) is 7.50. The molecule has 2 aromatic rings. The molecule has 0 N–H and O–H groups in total. The molecular formula is C23H30O6P2. The predicted octanol–water partition coefficient (Wildman–Crippen LogP) is 6.25. The maximum Gasteiger partial charge on any atom is 0.236 e. The van der Waals surface area contributed by atoms with Gasteiger partial charge in [-0.1, -0.05) is 37.1 Å². The molecule has 2 aromatic carbocycles. The third-order valence-electron chi connectivity index (χ3n) is 5.02. The normalized spacial score (nSPS) is 12.2. The van der Waals surface area contributed by atoms with Crippen LogP contribution in [0.5, 0.6) is 11.5 Å². The van der Waals surface area contributed by atoms with E-state index in [1.807, 2.05) is 39.8 Å². The summed E-state index contributed by atoms with van der Waals surface area (Å²) in [7, 11) is 0.632. The van der Waals surface area contributed by atoms with Gasteiger partial charge in [-0.25, -0.2) is 0 Å². The fraction of sp³-hybridized carbons (Fsp3) is 0.391. The topological polar surface area (TPSA) is 86.7 Å². The SMILES string of the molecule is CCCCP(=O)(C(=O)c1c(C)cc(C)cc1C)C(=O)c1c(OC)cccc1OC.O=P. The Bertz CT molecular complexity index is 954. The van der Waals surface area contributed by atoms with E-state index < -0.39 is 18.2 Å². The van der Waals surface area contributed by atoms with Crippen LogP contribution >= 0.6 is 16.3 Å². The van der Waals surface area contributed by atoms with Crippen molar-refractivity contribution in [1.82, 2.24) is 0 Å². The van der Waals surface area contributed by atoms with Crippen molar-refractivity contribution in [2.24, 2.45) is 0 Å². The van der Waals surface area contributed by atoms with Gasteiger partial charge in [0, 0.05) is 11.7 Å². The number of rotatable bonds is 9. The van der Waals surface area contributed by atoms with Gasteiger partial charge in [-0.3, -0.25) is 14.2 Å². The Morgan fingerprint density at radius 3 is 1.77 bits per heavy atom. The third-order valence-corrected chi connectivity index (χ3v) is 7.72. The number of aryl methyl sites for hydroxylation is 3. The van der Waals surface area contributed by atoms with Gasteiger partial charge in [0.1, 0.15) is 26.2 Å². The van der Waals surface area contributed by atoms with Gasteiger partial charge in [0.15, 0.2) is 0 Å². The number of ether oxygens (including phenoxy) is 2. The molecule has 0 aliphatic carbocycles. The molecular weight excluding hydrogens is 434 g/mol. The highest BCUT2D eigenvalue weighted by molar-refractivity contribution is 7.95. The number of methoxy groups -OCH3 is 2. The zero-order valence-electron chi connectivity index (χ0n) is 18.9. The molecule has 0 spiro atoms. The first-order valence-corrected chi connectivity index (χ1v) is 12.2. The van der Waals surface area contributed by atoms with E-state index in [-0.39, 0.29) is 23.2 Å². The lowest BCUT2D eigenvalue weighted by molar-refractivity contribution is 0.103. The zero-order valence-corrected chi connectivity index (χ0v) is 20.8. The Morgan fingerprint density at radius 1 is 0.903 bits per heavy atom. The maximum atomic E-state index is 14.1. The minimum Gasteiger partial charge on any atom is -0.496 e. The highest BCUT2D eigenvalue weighted by atomic mass is 31.2. The maximum absolute atomic E-state index is 14.1. The van der Waals surface area contributed by atoms with Crippen LogP contribution < -0.4 is 9.47 Å². The van der Waals surface area contributed by atoms with Crippen molar-refractivity contribution < 1.29 is 28.2 Å². The number of hydrogen-bond donors (Lipinski definition) is 0. The van der Waals surface area contributed by atoms with Crippen LogP contribution in [0.15, 0.2) is 30.3 Å². The molecule has 0 fully saturated rings. The Hall–Kier alpha value is -2.29. The van der Waals surface area contributed by atoms with Crippen LogP contribution in [0.2, 0.25) is 0 Å². The second-order valence-electron chi connectivity index (χ2n) is 7.24. The molecule has 0 heterocycles.